The topological polar surface area (TPSA) is 136 Å². The molecule has 0 bridgehead atoms. The Morgan fingerprint density at radius 1 is 1.04 bits per heavy atom. The first-order chi connectivity index (χ1) is 12.5. The molecule has 1 N–H and O–H groups in total. The summed E-state index contributed by atoms with van der Waals surface area (Å²) in [4.78, 5) is 28.8. The molecule has 0 aromatic rings. The molecule has 0 saturated carbocycles. The second kappa shape index (κ2) is 16.1. The summed E-state index contributed by atoms with van der Waals surface area (Å²) in [6.45, 7) is 12.1. The Bertz CT molecular complexity index is 503. The van der Waals surface area contributed by atoms with Gasteiger partial charge in [-0.25, -0.2) is 11.4 Å². The highest BCUT2D eigenvalue weighted by Gasteiger charge is 2.23. The molecular weight excluding hydrogens is 346 g/mol. The van der Waals surface area contributed by atoms with Crippen LogP contribution in [0.2, 0.25) is 0 Å². The molecule has 0 spiro atoms. The Kier molecular flexibility index (Phi) is 14.6. The third-order valence-electron chi connectivity index (χ3n) is 2.90. The van der Waals surface area contributed by atoms with Gasteiger partial charge in [0, 0.05) is 18.4 Å². The van der Waals surface area contributed by atoms with E-state index in [-0.39, 0.29) is 13.2 Å². The van der Waals surface area contributed by atoms with Crippen molar-refractivity contribution in [2.24, 2.45) is 5.11 Å². The largest absolute Gasteiger partial charge is 0.462 e. The van der Waals surface area contributed by atoms with Crippen LogP contribution in [0, 0.1) is 6.57 Å². The SMILES string of the molecule is [C-]#[N+][C@H](C)C(=O)N[C@@H](C)C(=O)OCCOCCOCCOCCN=[N+]=[N-]. The zero-order valence-corrected chi connectivity index (χ0v) is 15.0. The molecular formula is C15H25N5O6. The lowest BCUT2D eigenvalue weighted by Gasteiger charge is -2.13. The van der Waals surface area contributed by atoms with Gasteiger partial charge in [0.15, 0.2) is 0 Å². The standard InChI is InChI=1S/C15H25N5O6/c1-12(17-3)14(21)19-13(2)15(22)26-11-10-25-9-8-24-7-6-23-5-4-18-20-16/h12-13H,4-11H2,1-2H3,(H,19,21)/t12-,13+/m1/s1. The Balaban J connectivity index is 3.49. The third-order valence-corrected chi connectivity index (χ3v) is 2.90. The highest BCUT2D eigenvalue weighted by atomic mass is 16.6. The van der Waals surface area contributed by atoms with E-state index in [1.807, 2.05) is 0 Å². The van der Waals surface area contributed by atoms with Gasteiger partial charge in [0.25, 0.3) is 6.04 Å². The van der Waals surface area contributed by atoms with E-state index in [1.165, 1.54) is 13.8 Å². The zero-order chi connectivity index (χ0) is 19.6. The van der Waals surface area contributed by atoms with Crippen LogP contribution in [-0.4, -0.2) is 76.8 Å². The van der Waals surface area contributed by atoms with Gasteiger partial charge in [0.1, 0.15) is 12.6 Å². The molecule has 0 heterocycles. The fourth-order valence-electron chi connectivity index (χ4n) is 1.47. The van der Waals surface area contributed by atoms with Gasteiger partial charge in [-0.15, -0.1) is 0 Å². The van der Waals surface area contributed by atoms with Crippen LogP contribution in [0.3, 0.4) is 0 Å². The van der Waals surface area contributed by atoms with Crippen molar-refractivity contribution >= 4 is 11.9 Å². The number of carbonyl (C=O) groups is 2. The molecule has 0 fully saturated rings. The van der Waals surface area contributed by atoms with Crippen LogP contribution in [0.25, 0.3) is 15.3 Å². The maximum absolute atomic E-state index is 11.7. The summed E-state index contributed by atoms with van der Waals surface area (Å²) >= 11 is 0. The number of esters is 1. The number of hydrogen-bond acceptors (Lipinski definition) is 7. The van der Waals surface area contributed by atoms with E-state index in [1.54, 1.807) is 0 Å². The molecule has 26 heavy (non-hydrogen) atoms. The van der Waals surface area contributed by atoms with Gasteiger partial charge in [-0.05, 0) is 12.5 Å². The van der Waals surface area contributed by atoms with E-state index in [0.717, 1.165) is 0 Å². The van der Waals surface area contributed by atoms with Gasteiger partial charge in [-0.1, -0.05) is 5.11 Å². The first-order valence-corrected chi connectivity index (χ1v) is 8.10. The highest BCUT2D eigenvalue weighted by Crippen LogP contribution is 1.93. The van der Waals surface area contributed by atoms with Crippen LogP contribution < -0.4 is 5.32 Å². The second-order valence-electron chi connectivity index (χ2n) is 4.99. The van der Waals surface area contributed by atoms with Crippen molar-refractivity contribution in [3.05, 3.63) is 21.9 Å². The molecule has 0 aliphatic heterocycles. The lowest BCUT2D eigenvalue weighted by Crippen LogP contribution is -2.43. The maximum Gasteiger partial charge on any atom is 0.328 e. The minimum Gasteiger partial charge on any atom is -0.462 e. The van der Waals surface area contributed by atoms with E-state index >= 15 is 0 Å². The molecule has 0 aromatic carbocycles. The number of nitrogens with zero attached hydrogens (tertiary/aromatic N) is 4. The van der Waals surface area contributed by atoms with Crippen molar-refractivity contribution in [3.8, 4) is 0 Å². The highest BCUT2D eigenvalue weighted by molar-refractivity contribution is 5.88. The zero-order valence-electron chi connectivity index (χ0n) is 15.0. The lowest BCUT2D eigenvalue weighted by atomic mass is 10.3. The molecule has 0 saturated heterocycles. The number of nitrogens with one attached hydrogen (secondary N) is 1. The average Bonchev–Trinajstić information content (AvgIpc) is 2.64. The third kappa shape index (κ3) is 13.0. The molecule has 0 unspecified atom stereocenters. The maximum atomic E-state index is 11.7. The van der Waals surface area contributed by atoms with E-state index in [0.29, 0.717) is 39.6 Å². The Morgan fingerprint density at radius 3 is 2.12 bits per heavy atom. The number of carbonyl (C=O) groups excluding carboxylic acids is 2. The van der Waals surface area contributed by atoms with Crippen LogP contribution in [0.4, 0.5) is 0 Å². The number of azide groups is 1. The van der Waals surface area contributed by atoms with Gasteiger partial charge in [-0.3, -0.25) is 4.79 Å². The molecule has 2 atom stereocenters. The normalized spacial score (nSPS) is 12.3. The number of rotatable bonds is 15. The monoisotopic (exact) mass is 371 g/mol. The molecule has 11 heteroatoms. The van der Waals surface area contributed by atoms with Crippen molar-refractivity contribution in [1.82, 2.24) is 5.32 Å². The molecule has 0 aliphatic carbocycles. The molecule has 0 aliphatic rings. The van der Waals surface area contributed by atoms with Crippen molar-refractivity contribution < 1.29 is 28.5 Å². The molecule has 146 valence electrons. The predicted octanol–water partition coefficient (Wildman–Crippen LogP) is 0.702. The minimum absolute atomic E-state index is 0.0555. The Hall–Kier alpha value is -2.38. The summed E-state index contributed by atoms with van der Waals surface area (Å²) in [5.41, 5.74) is 8.06. The van der Waals surface area contributed by atoms with Crippen LogP contribution in [0.5, 0.6) is 0 Å². The molecule has 1 amide bonds. The Labute approximate surface area is 152 Å². The second-order valence-corrected chi connectivity index (χ2v) is 4.99. The summed E-state index contributed by atoms with van der Waals surface area (Å²) in [6, 6.07) is -1.67. The number of amides is 1. The number of hydrogen-bond donors (Lipinski definition) is 1. The molecule has 11 nitrogen and oxygen atoms in total. The molecule has 0 radical (unpaired) electrons. The lowest BCUT2D eigenvalue weighted by molar-refractivity contribution is -0.148. The summed E-state index contributed by atoms with van der Waals surface area (Å²) in [7, 11) is 0. The summed E-state index contributed by atoms with van der Waals surface area (Å²) in [5.74, 6) is -1.10. The first-order valence-electron chi connectivity index (χ1n) is 8.10. The predicted molar refractivity (Wildman–Crippen MR) is 91.1 cm³/mol. The van der Waals surface area contributed by atoms with Crippen LogP contribution in [-0.2, 0) is 28.5 Å². The van der Waals surface area contributed by atoms with E-state index in [2.05, 4.69) is 20.2 Å². The van der Waals surface area contributed by atoms with Gasteiger partial charge in [0.05, 0.1) is 39.6 Å². The van der Waals surface area contributed by atoms with Crippen molar-refractivity contribution in [2.45, 2.75) is 25.9 Å². The van der Waals surface area contributed by atoms with Gasteiger partial charge in [0.2, 0.25) is 0 Å². The summed E-state index contributed by atoms with van der Waals surface area (Å²) in [6.07, 6.45) is 0. The minimum atomic E-state index is -0.843. The van der Waals surface area contributed by atoms with Crippen LogP contribution >= 0.6 is 0 Å². The Morgan fingerprint density at radius 2 is 1.58 bits per heavy atom. The number of ether oxygens (including phenoxy) is 4. The van der Waals surface area contributed by atoms with Gasteiger partial charge < -0.3 is 29.1 Å². The van der Waals surface area contributed by atoms with Crippen molar-refractivity contribution in [3.63, 3.8) is 0 Å². The fourth-order valence-corrected chi connectivity index (χ4v) is 1.47. The quantitative estimate of drug-likeness (QED) is 0.112. The smallest absolute Gasteiger partial charge is 0.328 e. The van der Waals surface area contributed by atoms with E-state index < -0.39 is 24.0 Å². The van der Waals surface area contributed by atoms with E-state index in [4.69, 9.17) is 31.1 Å². The van der Waals surface area contributed by atoms with Crippen molar-refractivity contribution in [1.29, 1.82) is 0 Å². The van der Waals surface area contributed by atoms with E-state index in [9.17, 15) is 9.59 Å². The molecule has 0 aromatic heterocycles. The first kappa shape index (κ1) is 23.6. The summed E-state index contributed by atoms with van der Waals surface area (Å²) < 4.78 is 20.6. The van der Waals surface area contributed by atoms with Gasteiger partial charge in [-0.2, -0.15) is 0 Å². The molecule has 0 rings (SSSR count). The summed E-state index contributed by atoms with van der Waals surface area (Å²) in [5, 5.41) is 5.73. The fraction of sp³-hybridized carbons (Fsp3) is 0.800. The average molecular weight is 371 g/mol. The van der Waals surface area contributed by atoms with Crippen molar-refractivity contribution in [2.75, 3.05) is 52.8 Å². The van der Waals surface area contributed by atoms with Gasteiger partial charge >= 0.3 is 11.9 Å². The van der Waals surface area contributed by atoms with Crippen LogP contribution in [0.1, 0.15) is 13.8 Å². The van der Waals surface area contributed by atoms with Crippen LogP contribution in [0.15, 0.2) is 5.11 Å².